The minimum Gasteiger partial charge on any atom is -0.384 e. The first-order valence-corrected chi connectivity index (χ1v) is 6.54. The molecule has 20 heavy (non-hydrogen) atoms. The van der Waals surface area contributed by atoms with Gasteiger partial charge < -0.3 is 15.8 Å². The molecule has 0 spiro atoms. The van der Waals surface area contributed by atoms with Crippen LogP contribution in [-0.4, -0.2) is 17.1 Å². The molecule has 1 aromatic carbocycles. The zero-order valence-corrected chi connectivity index (χ0v) is 12.1. The molecule has 0 aliphatic heterocycles. The van der Waals surface area contributed by atoms with Crippen molar-refractivity contribution in [2.24, 2.45) is 0 Å². The van der Waals surface area contributed by atoms with Gasteiger partial charge >= 0.3 is 0 Å². The minimum atomic E-state index is 0.140. The molecule has 0 saturated heterocycles. The molecule has 0 amide bonds. The van der Waals surface area contributed by atoms with Gasteiger partial charge in [0.1, 0.15) is 18.2 Å². The van der Waals surface area contributed by atoms with E-state index in [0.717, 1.165) is 0 Å². The molecule has 1 unspecified atom stereocenters. The van der Waals surface area contributed by atoms with Crippen LogP contribution in [0.25, 0.3) is 0 Å². The van der Waals surface area contributed by atoms with Crippen LogP contribution in [-0.2, 0) is 11.3 Å². The molecule has 5 heteroatoms. The highest BCUT2D eigenvalue weighted by Crippen LogP contribution is 2.21. The number of ether oxygens (including phenoxy) is 1. The average Bonchev–Trinajstić information content (AvgIpc) is 2.38. The first-order valence-electron chi connectivity index (χ1n) is 6.54. The van der Waals surface area contributed by atoms with Crippen LogP contribution >= 0.6 is 0 Å². The second-order valence-electron chi connectivity index (χ2n) is 4.75. The molecule has 0 aliphatic rings. The van der Waals surface area contributed by atoms with Crippen molar-refractivity contribution in [3.8, 4) is 0 Å². The summed E-state index contributed by atoms with van der Waals surface area (Å²) < 4.78 is 5.04. The topological polar surface area (TPSA) is 73.1 Å². The third kappa shape index (κ3) is 3.45. The number of methoxy groups -OCH3 is 1. The summed E-state index contributed by atoms with van der Waals surface area (Å²) >= 11 is 0. The van der Waals surface area contributed by atoms with Crippen molar-refractivity contribution in [2.75, 3.05) is 18.2 Å². The molecule has 0 radical (unpaired) electrons. The van der Waals surface area contributed by atoms with E-state index >= 15 is 0 Å². The van der Waals surface area contributed by atoms with E-state index in [0.29, 0.717) is 24.1 Å². The third-order valence-corrected chi connectivity index (χ3v) is 3.09. The van der Waals surface area contributed by atoms with Crippen LogP contribution in [0.5, 0.6) is 0 Å². The number of nitrogens with one attached hydrogen (secondary N) is 1. The van der Waals surface area contributed by atoms with Gasteiger partial charge in [0.25, 0.3) is 0 Å². The molecule has 1 heterocycles. The largest absolute Gasteiger partial charge is 0.384 e. The molecule has 5 nitrogen and oxygen atoms in total. The van der Waals surface area contributed by atoms with Gasteiger partial charge in [0.2, 0.25) is 0 Å². The molecular formula is C15H20N4O. The number of hydrogen-bond acceptors (Lipinski definition) is 5. The molecule has 1 atom stereocenters. The van der Waals surface area contributed by atoms with E-state index in [4.69, 9.17) is 10.5 Å². The van der Waals surface area contributed by atoms with E-state index in [2.05, 4.69) is 41.3 Å². The van der Waals surface area contributed by atoms with Crippen LogP contribution in [0.15, 0.2) is 30.3 Å². The van der Waals surface area contributed by atoms with Gasteiger partial charge in [0.05, 0.1) is 6.04 Å². The number of anilines is 2. The number of nitrogens with two attached hydrogens (primary N) is 1. The van der Waals surface area contributed by atoms with Gasteiger partial charge in [-0.25, -0.2) is 9.97 Å². The van der Waals surface area contributed by atoms with E-state index in [1.54, 1.807) is 13.2 Å². The lowest BCUT2D eigenvalue weighted by molar-refractivity contribution is 0.178. The molecule has 0 bridgehead atoms. The van der Waals surface area contributed by atoms with E-state index in [-0.39, 0.29) is 6.04 Å². The highest BCUT2D eigenvalue weighted by Gasteiger charge is 2.10. The van der Waals surface area contributed by atoms with Gasteiger partial charge in [-0.2, -0.15) is 0 Å². The Balaban J connectivity index is 2.19. The Bertz CT molecular complexity index is 586. The fraction of sp³-hybridized carbons (Fsp3) is 0.333. The Hall–Kier alpha value is -2.14. The molecule has 0 fully saturated rings. The zero-order valence-electron chi connectivity index (χ0n) is 12.1. The van der Waals surface area contributed by atoms with Crippen LogP contribution in [0.1, 0.15) is 29.9 Å². The first-order chi connectivity index (χ1) is 9.60. The number of nitrogens with zero attached hydrogens (tertiary/aromatic N) is 2. The van der Waals surface area contributed by atoms with Crippen LogP contribution < -0.4 is 11.1 Å². The summed E-state index contributed by atoms with van der Waals surface area (Å²) in [5, 5.41) is 3.35. The fourth-order valence-electron chi connectivity index (χ4n) is 2.16. The lowest BCUT2D eigenvalue weighted by Crippen LogP contribution is -2.11. The molecule has 106 valence electrons. The van der Waals surface area contributed by atoms with Gasteiger partial charge in [-0.05, 0) is 25.0 Å². The third-order valence-electron chi connectivity index (χ3n) is 3.09. The summed E-state index contributed by atoms with van der Waals surface area (Å²) in [5.74, 6) is 1.72. The summed E-state index contributed by atoms with van der Waals surface area (Å²) in [5.41, 5.74) is 8.26. The smallest absolute Gasteiger partial charge is 0.158 e. The van der Waals surface area contributed by atoms with Crippen molar-refractivity contribution in [3.63, 3.8) is 0 Å². The fourth-order valence-corrected chi connectivity index (χ4v) is 2.16. The van der Waals surface area contributed by atoms with Crippen LogP contribution in [0.4, 0.5) is 11.6 Å². The summed E-state index contributed by atoms with van der Waals surface area (Å²) in [6.07, 6.45) is 0. The van der Waals surface area contributed by atoms with Crippen molar-refractivity contribution < 1.29 is 4.74 Å². The molecule has 0 aliphatic carbocycles. The second-order valence-corrected chi connectivity index (χ2v) is 4.75. The molecule has 1 aromatic heterocycles. The Kier molecular flexibility index (Phi) is 4.53. The first kappa shape index (κ1) is 14.3. The summed E-state index contributed by atoms with van der Waals surface area (Å²) in [7, 11) is 1.61. The molecule has 3 N–H and O–H groups in total. The van der Waals surface area contributed by atoms with Crippen molar-refractivity contribution in [1.82, 2.24) is 9.97 Å². The predicted molar refractivity (Wildman–Crippen MR) is 80.4 cm³/mol. The minimum absolute atomic E-state index is 0.140. The average molecular weight is 272 g/mol. The van der Waals surface area contributed by atoms with E-state index < -0.39 is 0 Å². The summed E-state index contributed by atoms with van der Waals surface area (Å²) in [6, 6.07) is 10.1. The Labute approximate surface area is 119 Å². The number of rotatable bonds is 5. The maximum atomic E-state index is 5.79. The van der Waals surface area contributed by atoms with Crippen molar-refractivity contribution in [3.05, 3.63) is 47.3 Å². The van der Waals surface area contributed by atoms with E-state index in [9.17, 15) is 0 Å². The van der Waals surface area contributed by atoms with Crippen molar-refractivity contribution in [2.45, 2.75) is 26.5 Å². The zero-order chi connectivity index (χ0) is 14.5. The van der Waals surface area contributed by atoms with E-state index in [1.807, 2.05) is 12.1 Å². The molecule has 0 saturated carbocycles. The van der Waals surface area contributed by atoms with Gasteiger partial charge in [-0.3, -0.25) is 0 Å². The monoisotopic (exact) mass is 272 g/mol. The normalized spacial score (nSPS) is 12.2. The number of aryl methyl sites for hydroxylation is 1. The highest BCUT2D eigenvalue weighted by atomic mass is 16.5. The van der Waals surface area contributed by atoms with Gasteiger partial charge in [0, 0.05) is 13.2 Å². The Morgan fingerprint density at radius 3 is 2.75 bits per heavy atom. The molecule has 2 rings (SSSR count). The molecule has 2 aromatic rings. The van der Waals surface area contributed by atoms with Crippen molar-refractivity contribution in [1.29, 1.82) is 0 Å². The number of hydrogen-bond donors (Lipinski definition) is 2. The summed E-state index contributed by atoms with van der Waals surface area (Å²) in [4.78, 5) is 8.51. The van der Waals surface area contributed by atoms with Crippen molar-refractivity contribution >= 4 is 11.6 Å². The second kappa shape index (κ2) is 6.34. The van der Waals surface area contributed by atoms with Crippen LogP contribution in [0.3, 0.4) is 0 Å². The number of benzene rings is 1. The predicted octanol–water partition coefficient (Wildman–Crippen LogP) is 2.69. The SMILES string of the molecule is COCc1nc(N)cc(NC(C)c2ccccc2C)n1. The Morgan fingerprint density at radius 1 is 1.30 bits per heavy atom. The van der Waals surface area contributed by atoms with Gasteiger partial charge in [-0.15, -0.1) is 0 Å². The summed E-state index contributed by atoms with van der Waals surface area (Å²) in [6.45, 7) is 4.54. The van der Waals surface area contributed by atoms with Gasteiger partial charge in [0.15, 0.2) is 5.82 Å². The van der Waals surface area contributed by atoms with Gasteiger partial charge in [-0.1, -0.05) is 24.3 Å². The molecular weight excluding hydrogens is 252 g/mol. The van der Waals surface area contributed by atoms with Crippen LogP contribution in [0, 0.1) is 6.92 Å². The number of nitrogen functional groups attached to an aromatic ring is 1. The lowest BCUT2D eigenvalue weighted by Gasteiger charge is -2.17. The lowest BCUT2D eigenvalue weighted by atomic mass is 10.0. The number of aromatic nitrogens is 2. The quantitative estimate of drug-likeness (QED) is 0.875. The standard InChI is InChI=1S/C15H20N4O/c1-10-6-4-5-7-12(10)11(2)17-14-8-13(16)18-15(19-14)9-20-3/h4-8,11H,9H2,1-3H3,(H3,16,17,18,19). The van der Waals surface area contributed by atoms with Crippen LogP contribution in [0.2, 0.25) is 0 Å². The Morgan fingerprint density at radius 2 is 2.05 bits per heavy atom. The maximum absolute atomic E-state index is 5.79. The van der Waals surface area contributed by atoms with E-state index in [1.165, 1.54) is 11.1 Å². The highest BCUT2D eigenvalue weighted by molar-refractivity contribution is 5.47. The maximum Gasteiger partial charge on any atom is 0.158 e.